The van der Waals surface area contributed by atoms with E-state index in [0.29, 0.717) is 33.5 Å². The van der Waals surface area contributed by atoms with Gasteiger partial charge in [-0.15, -0.1) is 0 Å². The molecule has 0 aromatic heterocycles. The number of thiocarbonyl (C=S) groups is 2. The van der Waals surface area contributed by atoms with Gasteiger partial charge < -0.3 is 9.47 Å². The largest absolute Gasteiger partial charge is 0.479 e. The van der Waals surface area contributed by atoms with Crippen LogP contribution in [0.25, 0.3) is 0 Å². The van der Waals surface area contributed by atoms with Gasteiger partial charge in [-0.25, -0.2) is 0 Å². The normalized spacial score (nSPS) is 8.88. The lowest BCUT2D eigenvalue weighted by Gasteiger charge is -2.00. The van der Waals surface area contributed by atoms with Crippen molar-refractivity contribution in [3.8, 4) is 11.8 Å². The van der Waals surface area contributed by atoms with Crippen molar-refractivity contribution in [3.63, 3.8) is 0 Å². The van der Waals surface area contributed by atoms with Gasteiger partial charge in [-0.05, 0) is 38.3 Å². The zero-order valence-corrected chi connectivity index (χ0v) is 12.5. The molecule has 6 heteroatoms. The quantitative estimate of drug-likeness (QED) is 0.582. The molecule has 2 nitrogen and oxygen atoms in total. The van der Waals surface area contributed by atoms with E-state index in [-0.39, 0.29) is 0 Å². The Morgan fingerprint density at radius 2 is 1.31 bits per heavy atom. The molecule has 0 spiro atoms. The summed E-state index contributed by atoms with van der Waals surface area (Å²) < 4.78 is 11.3. The zero-order valence-electron chi connectivity index (χ0n) is 9.28. The molecule has 90 valence electrons. The van der Waals surface area contributed by atoms with Crippen molar-refractivity contribution in [2.24, 2.45) is 0 Å². The summed E-state index contributed by atoms with van der Waals surface area (Å²) in [6.07, 6.45) is 0. The minimum Gasteiger partial charge on any atom is -0.479 e. The van der Waals surface area contributed by atoms with Crippen LogP contribution in [0.4, 0.5) is 0 Å². The van der Waals surface area contributed by atoms with Gasteiger partial charge in [0.25, 0.3) is 0 Å². The molecule has 0 amide bonds. The lowest BCUT2D eigenvalue weighted by Crippen LogP contribution is -1.96. The Morgan fingerprint density at radius 3 is 1.62 bits per heavy atom. The van der Waals surface area contributed by atoms with E-state index >= 15 is 0 Å². The first-order chi connectivity index (χ1) is 7.70. The number of thioether (sulfide) groups is 2. The van der Waals surface area contributed by atoms with E-state index in [0.717, 1.165) is 0 Å². The molecule has 0 rings (SSSR count). The number of ether oxygens (including phenoxy) is 2. The van der Waals surface area contributed by atoms with Gasteiger partial charge in [0.05, 0.1) is 24.7 Å². The van der Waals surface area contributed by atoms with Crippen LogP contribution in [0, 0.1) is 11.8 Å². The fourth-order valence-corrected chi connectivity index (χ4v) is 2.19. The number of hydrogen-bond acceptors (Lipinski definition) is 6. The fourth-order valence-electron chi connectivity index (χ4n) is 0.611. The first-order valence-electron chi connectivity index (χ1n) is 4.75. The van der Waals surface area contributed by atoms with Gasteiger partial charge in [-0.2, -0.15) is 0 Å². The van der Waals surface area contributed by atoms with Crippen LogP contribution < -0.4 is 0 Å². The first-order valence-corrected chi connectivity index (χ1v) is 7.54. The van der Waals surface area contributed by atoms with Crippen LogP contribution in [0.2, 0.25) is 0 Å². The smallest absolute Gasteiger partial charge is 0.220 e. The molecule has 0 aromatic carbocycles. The third-order valence-electron chi connectivity index (χ3n) is 1.17. The van der Waals surface area contributed by atoms with Crippen molar-refractivity contribution >= 4 is 56.7 Å². The molecule has 0 fully saturated rings. The SMILES string of the molecule is CCOC(=S)SCC#CCSC(=S)OCC. The van der Waals surface area contributed by atoms with Crippen LogP contribution in [0.15, 0.2) is 0 Å². The molecule has 0 bridgehead atoms. The van der Waals surface area contributed by atoms with E-state index in [9.17, 15) is 0 Å². The summed E-state index contributed by atoms with van der Waals surface area (Å²) in [6, 6.07) is 0. The molecule has 0 radical (unpaired) electrons. The van der Waals surface area contributed by atoms with Gasteiger partial charge >= 0.3 is 0 Å². The average Bonchev–Trinajstić information content (AvgIpc) is 2.24. The van der Waals surface area contributed by atoms with Crippen molar-refractivity contribution in [2.45, 2.75) is 13.8 Å². The molecule has 0 aromatic rings. The maximum atomic E-state index is 5.10. The molecule has 0 atom stereocenters. The van der Waals surface area contributed by atoms with Gasteiger partial charge in [0.1, 0.15) is 0 Å². The van der Waals surface area contributed by atoms with Gasteiger partial charge in [-0.3, -0.25) is 0 Å². The molecular formula is C10H14O2S4. The molecule has 0 heterocycles. The van der Waals surface area contributed by atoms with Crippen molar-refractivity contribution in [2.75, 3.05) is 24.7 Å². The monoisotopic (exact) mass is 294 g/mol. The summed E-state index contributed by atoms with van der Waals surface area (Å²) in [5.41, 5.74) is 0. The van der Waals surface area contributed by atoms with Crippen molar-refractivity contribution in [3.05, 3.63) is 0 Å². The lowest BCUT2D eigenvalue weighted by molar-refractivity contribution is 0.346. The zero-order chi connectivity index (χ0) is 12.2. The van der Waals surface area contributed by atoms with E-state index in [1.165, 1.54) is 23.5 Å². The Balaban J connectivity index is 3.48. The van der Waals surface area contributed by atoms with Crippen LogP contribution in [-0.4, -0.2) is 33.5 Å². The summed E-state index contributed by atoms with van der Waals surface area (Å²) in [5.74, 6) is 7.27. The maximum Gasteiger partial charge on any atom is 0.220 e. The Labute approximate surface area is 116 Å². The van der Waals surface area contributed by atoms with E-state index in [2.05, 4.69) is 11.8 Å². The highest BCUT2D eigenvalue weighted by Gasteiger charge is 1.95. The van der Waals surface area contributed by atoms with E-state index in [1.54, 1.807) is 0 Å². The average molecular weight is 294 g/mol. The number of rotatable bonds is 4. The van der Waals surface area contributed by atoms with Crippen LogP contribution >= 0.6 is 48.0 Å². The second-order valence-corrected chi connectivity index (χ2v) is 5.45. The number of hydrogen-bond donors (Lipinski definition) is 0. The molecule has 0 aliphatic carbocycles. The molecule has 0 saturated heterocycles. The standard InChI is InChI=1S/C10H14O2S4/c1-3-11-9(13)15-7-5-6-8-16-10(14)12-4-2/h3-4,7-8H2,1-2H3. The second kappa shape index (κ2) is 11.5. The lowest BCUT2D eigenvalue weighted by atomic mass is 10.7. The molecule has 0 saturated carbocycles. The predicted octanol–water partition coefficient (Wildman–Crippen LogP) is 3.10. The highest BCUT2D eigenvalue weighted by atomic mass is 32.2. The summed E-state index contributed by atoms with van der Waals surface area (Å²) in [5, 5.41) is 0. The summed E-state index contributed by atoms with van der Waals surface area (Å²) in [4.78, 5) is 0. The summed E-state index contributed by atoms with van der Waals surface area (Å²) in [7, 11) is 0. The molecule has 0 N–H and O–H groups in total. The Bertz CT molecular complexity index is 254. The Morgan fingerprint density at radius 1 is 0.938 bits per heavy atom. The van der Waals surface area contributed by atoms with E-state index < -0.39 is 0 Å². The van der Waals surface area contributed by atoms with E-state index in [4.69, 9.17) is 33.9 Å². The third kappa shape index (κ3) is 10.6. The van der Waals surface area contributed by atoms with Crippen LogP contribution in [-0.2, 0) is 9.47 Å². The minimum atomic E-state index is 0.550. The second-order valence-electron chi connectivity index (χ2n) is 2.30. The predicted molar refractivity (Wildman–Crippen MR) is 81.1 cm³/mol. The van der Waals surface area contributed by atoms with Gasteiger partial charge in [-0.1, -0.05) is 35.4 Å². The van der Waals surface area contributed by atoms with Gasteiger partial charge in [0, 0.05) is 0 Å². The molecular weight excluding hydrogens is 280 g/mol. The summed E-state index contributed by atoms with van der Waals surface area (Å²) >= 11 is 12.7. The highest BCUT2D eigenvalue weighted by Crippen LogP contribution is 2.06. The van der Waals surface area contributed by atoms with Crippen LogP contribution in [0.5, 0.6) is 0 Å². The Hall–Kier alpha value is 0.0400. The van der Waals surface area contributed by atoms with Gasteiger partial charge in [0.15, 0.2) is 0 Å². The molecule has 16 heavy (non-hydrogen) atoms. The summed E-state index contributed by atoms with van der Waals surface area (Å²) in [6.45, 7) is 5.03. The van der Waals surface area contributed by atoms with E-state index in [1.807, 2.05) is 13.8 Å². The highest BCUT2D eigenvalue weighted by molar-refractivity contribution is 8.23. The van der Waals surface area contributed by atoms with Crippen LogP contribution in [0.1, 0.15) is 13.8 Å². The topological polar surface area (TPSA) is 18.5 Å². The minimum absolute atomic E-state index is 0.550. The fraction of sp³-hybridized carbons (Fsp3) is 0.600. The third-order valence-corrected chi connectivity index (χ3v) is 3.40. The van der Waals surface area contributed by atoms with Crippen molar-refractivity contribution in [1.29, 1.82) is 0 Å². The van der Waals surface area contributed by atoms with Gasteiger partial charge in [0.2, 0.25) is 8.77 Å². The molecule has 0 aliphatic heterocycles. The molecule has 0 unspecified atom stereocenters. The maximum absolute atomic E-state index is 5.10. The Kier molecular flexibility index (Phi) is 11.6. The van der Waals surface area contributed by atoms with Crippen LogP contribution in [0.3, 0.4) is 0 Å². The first kappa shape index (κ1) is 16.0. The van der Waals surface area contributed by atoms with Crippen molar-refractivity contribution < 1.29 is 9.47 Å². The van der Waals surface area contributed by atoms with Crippen molar-refractivity contribution in [1.82, 2.24) is 0 Å². The molecule has 0 aliphatic rings.